The lowest BCUT2D eigenvalue weighted by Gasteiger charge is -2.08. The predicted octanol–water partition coefficient (Wildman–Crippen LogP) is 4.58. The van der Waals surface area contributed by atoms with Gasteiger partial charge in [0.2, 0.25) is 0 Å². The van der Waals surface area contributed by atoms with Gasteiger partial charge in [0.05, 0.1) is 0 Å². The molecule has 0 aliphatic carbocycles. The number of hydrogen-bond acceptors (Lipinski definition) is 4. The fourth-order valence-electron chi connectivity index (χ4n) is 2.20. The molecular weight excluding hydrogens is 339 g/mol. The summed E-state index contributed by atoms with van der Waals surface area (Å²) in [5.41, 5.74) is 2.94. The minimum atomic E-state index is -0.355. The number of halogens is 1. The lowest BCUT2D eigenvalue weighted by Crippen LogP contribution is -2.20. The molecular formula is C19H17FN2O2S. The van der Waals surface area contributed by atoms with Gasteiger partial charge in [-0.1, -0.05) is 6.07 Å². The third-order valence-electron chi connectivity index (χ3n) is 3.55. The molecule has 1 amide bonds. The Hall–Kier alpha value is -2.73. The van der Waals surface area contributed by atoms with Crippen LogP contribution in [0.25, 0.3) is 10.6 Å². The van der Waals surface area contributed by atoms with Crippen molar-refractivity contribution in [2.45, 2.75) is 13.8 Å². The maximum absolute atomic E-state index is 13.5. The van der Waals surface area contributed by atoms with E-state index in [0.717, 1.165) is 16.3 Å². The fourth-order valence-corrected chi connectivity index (χ4v) is 3.00. The topological polar surface area (TPSA) is 51.2 Å². The first-order chi connectivity index (χ1) is 12.0. The molecule has 0 unspecified atom stereocenters. The summed E-state index contributed by atoms with van der Waals surface area (Å²) in [5, 5.41) is 5.55. The predicted molar refractivity (Wildman–Crippen MR) is 97.5 cm³/mol. The number of nitrogens with one attached hydrogen (secondary N) is 1. The number of amides is 1. The Balaban J connectivity index is 1.55. The molecule has 0 aliphatic rings. The van der Waals surface area contributed by atoms with Crippen molar-refractivity contribution in [2.75, 3.05) is 11.9 Å². The normalized spacial score (nSPS) is 10.5. The van der Waals surface area contributed by atoms with Crippen LogP contribution in [0.15, 0.2) is 47.8 Å². The molecule has 0 saturated heterocycles. The van der Waals surface area contributed by atoms with Gasteiger partial charge in [-0.3, -0.25) is 4.79 Å². The first-order valence-corrected chi connectivity index (χ1v) is 8.60. The largest absolute Gasteiger partial charge is 0.484 e. The third-order valence-corrected chi connectivity index (χ3v) is 4.56. The Morgan fingerprint density at radius 3 is 2.60 bits per heavy atom. The van der Waals surface area contributed by atoms with Gasteiger partial charge in [0, 0.05) is 22.3 Å². The van der Waals surface area contributed by atoms with Gasteiger partial charge in [-0.15, -0.1) is 11.3 Å². The Kier molecular flexibility index (Phi) is 5.09. The third kappa shape index (κ3) is 4.42. The molecule has 1 heterocycles. The summed E-state index contributed by atoms with van der Waals surface area (Å²) in [5.74, 6) is -0.114. The van der Waals surface area contributed by atoms with Crippen LogP contribution >= 0.6 is 11.3 Å². The zero-order chi connectivity index (χ0) is 17.8. The molecule has 1 N–H and O–H groups in total. The Bertz CT molecular complexity index is 891. The minimum Gasteiger partial charge on any atom is -0.484 e. The van der Waals surface area contributed by atoms with E-state index in [0.29, 0.717) is 17.0 Å². The summed E-state index contributed by atoms with van der Waals surface area (Å²) in [7, 11) is 0. The van der Waals surface area contributed by atoms with Gasteiger partial charge in [-0.2, -0.15) is 0 Å². The van der Waals surface area contributed by atoms with Crippen molar-refractivity contribution in [1.29, 1.82) is 0 Å². The summed E-state index contributed by atoms with van der Waals surface area (Å²) in [6.07, 6.45) is 0. The second kappa shape index (κ2) is 7.44. The van der Waals surface area contributed by atoms with E-state index in [4.69, 9.17) is 4.74 Å². The average Bonchev–Trinajstić information content (AvgIpc) is 3.03. The van der Waals surface area contributed by atoms with E-state index in [1.165, 1.54) is 6.07 Å². The number of carbonyl (C=O) groups excluding carboxylic acids is 1. The van der Waals surface area contributed by atoms with E-state index in [1.54, 1.807) is 42.5 Å². The maximum Gasteiger partial charge on any atom is 0.262 e. The quantitative estimate of drug-likeness (QED) is 0.728. The fraction of sp³-hybridized carbons (Fsp3) is 0.158. The number of ether oxygens (including phenoxy) is 1. The number of benzene rings is 2. The van der Waals surface area contributed by atoms with Crippen LogP contribution in [0.4, 0.5) is 10.1 Å². The number of nitrogens with zero attached hydrogens (tertiary/aromatic N) is 1. The smallest absolute Gasteiger partial charge is 0.262 e. The number of aryl methyl sites for hydroxylation is 2. The van der Waals surface area contributed by atoms with Crippen LogP contribution < -0.4 is 10.1 Å². The van der Waals surface area contributed by atoms with Crippen molar-refractivity contribution in [2.24, 2.45) is 0 Å². The second-order valence-electron chi connectivity index (χ2n) is 5.62. The van der Waals surface area contributed by atoms with Crippen molar-refractivity contribution in [3.8, 4) is 16.3 Å². The molecule has 25 heavy (non-hydrogen) atoms. The molecule has 2 aromatic carbocycles. The highest BCUT2D eigenvalue weighted by atomic mass is 32.1. The van der Waals surface area contributed by atoms with Crippen LogP contribution in [0.3, 0.4) is 0 Å². The standard InChI is InChI=1S/C19H17FN2O2S/c1-12-3-6-15(9-17(12)20)22-18(23)10-24-16-7-4-14(5-8-16)19-21-13(2)11-25-19/h3-9,11H,10H2,1-2H3,(H,22,23). The zero-order valence-electron chi connectivity index (χ0n) is 13.9. The summed E-state index contributed by atoms with van der Waals surface area (Å²) in [6, 6.07) is 12.0. The van der Waals surface area contributed by atoms with E-state index in [1.807, 2.05) is 24.4 Å². The number of carbonyl (C=O) groups is 1. The van der Waals surface area contributed by atoms with Crippen molar-refractivity contribution >= 4 is 22.9 Å². The lowest BCUT2D eigenvalue weighted by molar-refractivity contribution is -0.118. The number of rotatable bonds is 5. The molecule has 3 aromatic rings. The zero-order valence-corrected chi connectivity index (χ0v) is 14.7. The highest BCUT2D eigenvalue weighted by Gasteiger charge is 2.07. The molecule has 0 spiro atoms. The van der Waals surface area contributed by atoms with Gasteiger partial charge >= 0.3 is 0 Å². The monoisotopic (exact) mass is 356 g/mol. The van der Waals surface area contributed by atoms with Crippen LogP contribution in [0.5, 0.6) is 5.75 Å². The van der Waals surface area contributed by atoms with Gasteiger partial charge in [0.1, 0.15) is 16.6 Å². The number of aromatic nitrogens is 1. The van der Waals surface area contributed by atoms with E-state index in [2.05, 4.69) is 10.3 Å². The molecule has 0 saturated carbocycles. The Morgan fingerprint density at radius 2 is 1.96 bits per heavy atom. The first-order valence-electron chi connectivity index (χ1n) is 7.72. The van der Waals surface area contributed by atoms with Crippen molar-refractivity contribution < 1.29 is 13.9 Å². The Morgan fingerprint density at radius 1 is 1.20 bits per heavy atom. The molecule has 1 aromatic heterocycles. The average molecular weight is 356 g/mol. The van der Waals surface area contributed by atoms with Gasteiger partial charge in [0.15, 0.2) is 6.61 Å². The number of anilines is 1. The first kappa shape index (κ1) is 17.1. The van der Waals surface area contributed by atoms with Crippen LogP contribution in [-0.4, -0.2) is 17.5 Å². The molecule has 0 radical (unpaired) electrons. The molecule has 0 atom stereocenters. The lowest BCUT2D eigenvalue weighted by atomic mass is 10.2. The molecule has 3 rings (SSSR count). The van der Waals surface area contributed by atoms with Crippen molar-refractivity contribution in [1.82, 2.24) is 4.98 Å². The molecule has 128 valence electrons. The van der Waals surface area contributed by atoms with Gasteiger partial charge in [0.25, 0.3) is 5.91 Å². The van der Waals surface area contributed by atoms with Crippen LogP contribution in [0.1, 0.15) is 11.3 Å². The highest BCUT2D eigenvalue weighted by Crippen LogP contribution is 2.25. The maximum atomic E-state index is 13.5. The summed E-state index contributed by atoms with van der Waals surface area (Å²) in [4.78, 5) is 16.3. The second-order valence-corrected chi connectivity index (χ2v) is 6.48. The summed E-state index contributed by atoms with van der Waals surface area (Å²) >= 11 is 1.58. The van der Waals surface area contributed by atoms with Crippen LogP contribution in [0, 0.1) is 19.7 Å². The van der Waals surface area contributed by atoms with Crippen LogP contribution in [0.2, 0.25) is 0 Å². The Labute approximate surface area is 149 Å². The van der Waals surface area contributed by atoms with E-state index in [-0.39, 0.29) is 18.3 Å². The molecule has 0 fully saturated rings. The highest BCUT2D eigenvalue weighted by molar-refractivity contribution is 7.13. The number of hydrogen-bond donors (Lipinski definition) is 1. The molecule has 0 bridgehead atoms. The molecule has 6 heteroatoms. The van der Waals surface area contributed by atoms with E-state index >= 15 is 0 Å². The minimum absolute atomic E-state index is 0.148. The van der Waals surface area contributed by atoms with Crippen molar-refractivity contribution in [3.05, 3.63) is 64.9 Å². The number of thiazole rings is 1. The van der Waals surface area contributed by atoms with Gasteiger partial charge in [-0.05, 0) is 55.8 Å². The van der Waals surface area contributed by atoms with E-state index in [9.17, 15) is 9.18 Å². The van der Waals surface area contributed by atoms with Crippen LogP contribution in [-0.2, 0) is 4.79 Å². The molecule has 4 nitrogen and oxygen atoms in total. The van der Waals surface area contributed by atoms with Gasteiger partial charge < -0.3 is 10.1 Å². The SMILES string of the molecule is Cc1csc(-c2ccc(OCC(=O)Nc3ccc(C)c(F)c3)cc2)n1. The van der Waals surface area contributed by atoms with Gasteiger partial charge in [-0.25, -0.2) is 9.37 Å². The molecule has 0 aliphatic heterocycles. The van der Waals surface area contributed by atoms with Crippen molar-refractivity contribution in [3.63, 3.8) is 0 Å². The summed E-state index contributed by atoms with van der Waals surface area (Å²) in [6.45, 7) is 3.47. The van der Waals surface area contributed by atoms with E-state index < -0.39 is 0 Å². The summed E-state index contributed by atoms with van der Waals surface area (Å²) < 4.78 is 18.9.